The summed E-state index contributed by atoms with van der Waals surface area (Å²) in [7, 11) is 0. The van der Waals surface area contributed by atoms with Gasteiger partial charge in [0.05, 0.1) is 17.9 Å². The van der Waals surface area contributed by atoms with E-state index in [0.717, 1.165) is 30.2 Å². The zero-order chi connectivity index (χ0) is 13.2. The van der Waals surface area contributed by atoms with Crippen LogP contribution in [0, 0.1) is 0 Å². The van der Waals surface area contributed by atoms with E-state index < -0.39 is 0 Å². The van der Waals surface area contributed by atoms with Gasteiger partial charge in [-0.05, 0) is 26.3 Å². The lowest BCUT2D eigenvalue weighted by Crippen LogP contribution is -2.45. The first-order valence-electron chi connectivity index (χ1n) is 6.69. The van der Waals surface area contributed by atoms with E-state index >= 15 is 0 Å². The van der Waals surface area contributed by atoms with Crippen LogP contribution < -0.4 is 5.32 Å². The molecule has 4 heteroatoms. The second-order valence-corrected chi connectivity index (χ2v) is 7.34. The average molecular weight is 268 g/mol. The lowest BCUT2D eigenvalue weighted by molar-refractivity contribution is -0.0572. The minimum atomic E-state index is -0.0220. The van der Waals surface area contributed by atoms with Crippen molar-refractivity contribution in [1.82, 2.24) is 10.3 Å². The van der Waals surface area contributed by atoms with Crippen molar-refractivity contribution in [3.63, 3.8) is 0 Å². The highest BCUT2D eigenvalue weighted by Crippen LogP contribution is 2.26. The number of hydrogen-bond donors (Lipinski definition) is 1. The molecule has 1 aromatic rings. The fraction of sp³-hybridized carbons (Fsp3) is 0.786. The summed E-state index contributed by atoms with van der Waals surface area (Å²) >= 11 is 1.71. The Morgan fingerprint density at radius 3 is 2.83 bits per heavy atom. The summed E-state index contributed by atoms with van der Waals surface area (Å²) < 4.78 is 6.07. The Morgan fingerprint density at radius 2 is 2.28 bits per heavy atom. The van der Waals surface area contributed by atoms with Crippen molar-refractivity contribution < 1.29 is 4.74 Å². The van der Waals surface area contributed by atoms with Crippen LogP contribution in [-0.2, 0) is 16.8 Å². The first kappa shape index (κ1) is 14.0. The standard InChI is InChI=1S/C14H24N2OS/c1-13(2,3)11-9-18-12(16-11)8-17-14(4)6-5-7-15-10-14/h9,15H,5-8,10H2,1-4H3. The van der Waals surface area contributed by atoms with Gasteiger partial charge in [0.2, 0.25) is 0 Å². The molecule has 0 bridgehead atoms. The summed E-state index contributed by atoms with van der Waals surface area (Å²) in [6, 6.07) is 0. The third-order valence-electron chi connectivity index (χ3n) is 3.42. The predicted octanol–water partition coefficient (Wildman–Crippen LogP) is 3.10. The monoisotopic (exact) mass is 268 g/mol. The maximum Gasteiger partial charge on any atom is 0.119 e. The summed E-state index contributed by atoms with van der Waals surface area (Å²) in [5, 5.41) is 6.64. The Bertz CT molecular complexity index is 389. The topological polar surface area (TPSA) is 34.1 Å². The van der Waals surface area contributed by atoms with E-state index in [2.05, 4.69) is 43.4 Å². The van der Waals surface area contributed by atoms with Crippen LogP contribution in [0.5, 0.6) is 0 Å². The van der Waals surface area contributed by atoms with Gasteiger partial charge in [-0.3, -0.25) is 0 Å². The molecule has 1 atom stereocenters. The van der Waals surface area contributed by atoms with Crippen molar-refractivity contribution in [2.45, 2.75) is 58.2 Å². The fourth-order valence-corrected chi connectivity index (χ4v) is 3.04. The van der Waals surface area contributed by atoms with E-state index in [9.17, 15) is 0 Å². The van der Waals surface area contributed by atoms with Gasteiger partial charge >= 0.3 is 0 Å². The number of nitrogens with zero attached hydrogens (tertiary/aromatic N) is 1. The molecule has 1 saturated heterocycles. The highest BCUT2D eigenvalue weighted by molar-refractivity contribution is 7.09. The van der Waals surface area contributed by atoms with Crippen LogP contribution in [0.2, 0.25) is 0 Å². The molecule has 1 aliphatic heterocycles. The number of rotatable bonds is 3. The molecule has 3 nitrogen and oxygen atoms in total. The highest BCUT2D eigenvalue weighted by Gasteiger charge is 2.28. The molecule has 102 valence electrons. The van der Waals surface area contributed by atoms with E-state index in [1.807, 2.05) is 0 Å². The lowest BCUT2D eigenvalue weighted by atomic mass is 9.93. The van der Waals surface area contributed by atoms with Gasteiger partial charge in [-0.1, -0.05) is 20.8 Å². The molecule has 2 rings (SSSR count). The van der Waals surface area contributed by atoms with Crippen molar-refractivity contribution in [2.75, 3.05) is 13.1 Å². The first-order chi connectivity index (χ1) is 8.39. The van der Waals surface area contributed by atoms with Gasteiger partial charge in [-0.15, -0.1) is 11.3 Å². The van der Waals surface area contributed by atoms with E-state index in [1.165, 1.54) is 6.42 Å². The van der Waals surface area contributed by atoms with E-state index in [1.54, 1.807) is 11.3 Å². The number of hydrogen-bond acceptors (Lipinski definition) is 4. The average Bonchev–Trinajstić information content (AvgIpc) is 2.76. The van der Waals surface area contributed by atoms with Gasteiger partial charge < -0.3 is 10.1 Å². The van der Waals surface area contributed by atoms with Crippen LogP contribution in [0.3, 0.4) is 0 Å². The molecular formula is C14H24N2OS. The maximum absolute atomic E-state index is 6.07. The smallest absolute Gasteiger partial charge is 0.119 e. The number of thiazole rings is 1. The van der Waals surface area contributed by atoms with E-state index in [0.29, 0.717) is 6.61 Å². The molecular weight excluding hydrogens is 244 g/mol. The molecule has 2 heterocycles. The Labute approximate surface area is 114 Å². The molecule has 1 aromatic heterocycles. The molecule has 0 radical (unpaired) electrons. The van der Waals surface area contributed by atoms with Crippen LogP contribution in [-0.4, -0.2) is 23.7 Å². The molecule has 0 aliphatic carbocycles. The number of aromatic nitrogens is 1. The largest absolute Gasteiger partial charge is 0.367 e. The van der Waals surface area contributed by atoms with Crippen molar-refractivity contribution >= 4 is 11.3 Å². The Kier molecular flexibility index (Phi) is 4.09. The zero-order valence-electron chi connectivity index (χ0n) is 11.9. The summed E-state index contributed by atoms with van der Waals surface area (Å²) in [4.78, 5) is 4.67. The summed E-state index contributed by atoms with van der Waals surface area (Å²) in [5.41, 5.74) is 1.27. The maximum atomic E-state index is 6.07. The van der Waals surface area contributed by atoms with Crippen molar-refractivity contribution in [1.29, 1.82) is 0 Å². The highest BCUT2D eigenvalue weighted by atomic mass is 32.1. The summed E-state index contributed by atoms with van der Waals surface area (Å²) in [6.45, 7) is 11.5. The molecule has 0 spiro atoms. The first-order valence-corrected chi connectivity index (χ1v) is 7.57. The molecule has 0 saturated carbocycles. The van der Waals surface area contributed by atoms with Crippen LogP contribution in [0.1, 0.15) is 51.2 Å². The van der Waals surface area contributed by atoms with Crippen molar-refractivity contribution in [3.8, 4) is 0 Å². The van der Waals surface area contributed by atoms with Gasteiger partial charge in [-0.2, -0.15) is 0 Å². The van der Waals surface area contributed by atoms with E-state index in [4.69, 9.17) is 4.74 Å². The zero-order valence-corrected chi connectivity index (χ0v) is 12.7. The predicted molar refractivity (Wildman–Crippen MR) is 76.1 cm³/mol. The summed E-state index contributed by atoms with van der Waals surface area (Å²) in [6.07, 6.45) is 2.33. The lowest BCUT2D eigenvalue weighted by Gasteiger charge is -2.33. The third kappa shape index (κ3) is 3.53. The molecule has 1 fully saturated rings. The van der Waals surface area contributed by atoms with Crippen LogP contribution in [0.25, 0.3) is 0 Å². The Morgan fingerprint density at radius 1 is 1.50 bits per heavy atom. The van der Waals surface area contributed by atoms with Crippen molar-refractivity contribution in [2.24, 2.45) is 0 Å². The molecule has 1 N–H and O–H groups in total. The minimum absolute atomic E-state index is 0.0220. The van der Waals surface area contributed by atoms with Gasteiger partial charge in [0.15, 0.2) is 0 Å². The van der Waals surface area contributed by atoms with Crippen LogP contribution in [0.15, 0.2) is 5.38 Å². The molecule has 0 aromatic carbocycles. The SMILES string of the molecule is CC1(OCc2nc(C(C)(C)C)cs2)CCCNC1. The normalized spacial score (nSPS) is 25.3. The fourth-order valence-electron chi connectivity index (χ4n) is 2.11. The Balaban J connectivity index is 1.92. The van der Waals surface area contributed by atoms with E-state index in [-0.39, 0.29) is 11.0 Å². The second kappa shape index (κ2) is 5.27. The third-order valence-corrected chi connectivity index (χ3v) is 4.24. The van der Waals surface area contributed by atoms with Gasteiger partial charge in [0, 0.05) is 17.3 Å². The van der Waals surface area contributed by atoms with Crippen LogP contribution >= 0.6 is 11.3 Å². The number of nitrogens with one attached hydrogen (secondary N) is 1. The molecule has 18 heavy (non-hydrogen) atoms. The Hall–Kier alpha value is -0.450. The quantitative estimate of drug-likeness (QED) is 0.914. The van der Waals surface area contributed by atoms with Gasteiger partial charge in [-0.25, -0.2) is 4.98 Å². The van der Waals surface area contributed by atoms with Gasteiger partial charge in [0.1, 0.15) is 5.01 Å². The molecule has 0 amide bonds. The number of ether oxygens (including phenoxy) is 1. The number of piperidine rings is 1. The van der Waals surface area contributed by atoms with Crippen LogP contribution in [0.4, 0.5) is 0 Å². The molecule has 1 aliphatic rings. The second-order valence-electron chi connectivity index (χ2n) is 6.40. The van der Waals surface area contributed by atoms with Gasteiger partial charge in [0.25, 0.3) is 0 Å². The molecule has 1 unspecified atom stereocenters. The van der Waals surface area contributed by atoms with Crippen molar-refractivity contribution in [3.05, 3.63) is 16.1 Å². The minimum Gasteiger partial charge on any atom is -0.367 e. The summed E-state index contributed by atoms with van der Waals surface area (Å²) in [5.74, 6) is 0.